The number of hydrogen-bond donors (Lipinski definition) is 2. The number of aliphatic imine (C=N–C) groups is 1. The van der Waals surface area contributed by atoms with Gasteiger partial charge in [-0.25, -0.2) is 0 Å². The summed E-state index contributed by atoms with van der Waals surface area (Å²) >= 11 is 0. The van der Waals surface area contributed by atoms with E-state index in [2.05, 4.69) is 34.4 Å². The van der Waals surface area contributed by atoms with E-state index in [1.807, 2.05) is 7.05 Å². The lowest BCUT2D eigenvalue weighted by Crippen LogP contribution is -2.42. The van der Waals surface area contributed by atoms with Gasteiger partial charge in [0.1, 0.15) is 0 Å². The summed E-state index contributed by atoms with van der Waals surface area (Å²) in [6.45, 7) is 13.0. The second-order valence-corrected chi connectivity index (χ2v) is 6.34. The van der Waals surface area contributed by atoms with Crippen LogP contribution in [0.1, 0.15) is 39.5 Å². The van der Waals surface area contributed by atoms with Crippen LogP contribution in [0.25, 0.3) is 0 Å². The third-order valence-electron chi connectivity index (χ3n) is 4.38. The molecular formula is C18H38N4O2. The molecule has 0 amide bonds. The van der Waals surface area contributed by atoms with Crippen LogP contribution >= 0.6 is 0 Å². The number of nitrogens with one attached hydrogen (secondary N) is 2. The maximum atomic E-state index is 5.78. The van der Waals surface area contributed by atoms with Gasteiger partial charge in [-0.05, 0) is 44.7 Å². The van der Waals surface area contributed by atoms with E-state index in [1.165, 1.54) is 6.42 Å². The topological polar surface area (TPSA) is 58.1 Å². The summed E-state index contributed by atoms with van der Waals surface area (Å²) in [4.78, 5) is 6.72. The molecule has 0 aromatic rings. The summed E-state index contributed by atoms with van der Waals surface area (Å²) < 4.78 is 11.1. The van der Waals surface area contributed by atoms with Crippen LogP contribution in [0, 0.1) is 5.92 Å². The standard InChI is InChI=1S/C18H38N4O2/c1-4-11-22(5-2)12-10-21-18(19-3)20-9-6-13-24-16-17-7-14-23-15-8-17/h17H,4-16H2,1-3H3,(H2,19,20,21). The molecule has 0 saturated carbocycles. The molecule has 0 unspecified atom stereocenters. The molecule has 1 aliphatic heterocycles. The van der Waals surface area contributed by atoms with Crippen molar-refractivity contribution >= 4 is 5.96 Å². The van der Waals surface area contributed by atoms with E-state index in [0.717, 1.165) is 84.4 Å². The number of ether oxygens (including phenoxy) is 2. The van der Waals surface area contributed by atoms with E-state index >= 15 is 0 Å². The summed E-state index contributed by atoms with van der Waals surface area (Å²) in [6.07, 6.45) is 4.48. The first-order chi connectivity index (χ1) is 11.8. The van der Waals surface area contributed by atoms with Gasteiger partial charge < -0.3 is 25.0 Å². The van der Waals surface area contributed by atoms with Crippen molar-refractivity contribution in [3.63, 3.8) is 0 Å². The molecule has 0 radical (unpaired) electrons. The Balaban J connectivity index is 1.99. The monoisotopic (exact) mass is 342 g/mol. The zero-order valence-electron chi connectivity index (χ0n) is 16.0. The quantitative estimate of drug-likeness (QED) is 0.321. The fraction of sp³-hybridized carbons (Fsp3) is 0.944. The zero-order chi connectivity index (χ0) is 17.5. The predicted octanol–water partition coefficient (Wildman–Crippen LogP) is 1.72. The van der Waals surface area contributed by atoms with Crippen molar-refractivity contribution in [3.05, 3.63) is 0 Å². The minimum absolute atomic E-state index is 0.686. The Morgan fingerprint density at radius 1 is 1.17 bits per heavy atom. The van der Waals surface area contributed by atoms with E-state index in [4.69, 9.17) is 9.47 Å². The first-order valence-corrected chi connectivity index (χ1v) is 9.62. The smallest absolute Gasteiger partial charge is 0.191 e. The summed E-state index contributed by atoms with van der Waals surface area (Å²) in [5.74, 6) is 1.57. The van der Waals surface area contributed by atoms with Crippen LogP contribution in [0.4, 0.5) is 0 Å². The van der Waals surface area contributed by atoms with E-state index in [0.29, 0.717) is 5.92 Å². The van der Waals surface area contributed by atoms with Gasteiger partial charge in [0.2, 0.25) is 0 Å². The maximum Gasteiger partial charge on any atom is 0.191 e. The zero-order valence-corrected chi connectivity index (χ0v) is 16.0. The molecule has 6 heteroatoms. The van der Waals surface area contributed by atoms with Gasteiger partial charge >= 0.3 is 0 Å². The van der Waals surface area contributed by atoms with Crippen LogP contribution in [0.15, 0.2) is 4.99 Å². The van der Waals surface area contributed by atoms with E-state index in [1.54, 1.807) is 0 Å². The van der Waals surface area contributed by atoms with Crippen molar-refractivity contribution in [2.24, 2.45) is 10.9 Å². The first-order valence-electron chi connectivity index (χ1n) is 9.62. The van der Waals surface area contributed by atoms with Crippen molar-refractivity contribution in [3.8, 4) is 0 Å². The predicted molar refractivity (Wildman–Crippen MR) is 101 cm³/mol. The van der Waals surface area contributed by atoms with Crippen LogP contribution in [0.3, 0.4) is 0 Å². The summed E-state index contributed by atoms with van der Waals surface area (Å²) in [5, 5.41) is 6.73. The van der Waals surface area contributed by atoms with Crippen LogP contribution in [0.5, 0.6) is 0 Å². The molecule has 1 heterocycles. The molecule has 0 aliphatic carbocycles. The van der Waals surface area contributed by atoms with Gasteiger partial charge in [-0.3, -0.25) is 4.99 Å². The van der Waals surface area contributed by atoms with E-state index in [9.17, 15) is 0 Å². The van der Waals surface area contributed by atoms with E-state index < -0.39 is 0 Å². The molecular weight excluding hydrogens is 304 g/mol. The molecule has 0 aromatic carbocycles. The Labute approximate surface area is 148 Å². The Bertz CT molecular complexity index is 320. The van der Waals surface area contributed by atoms with Crippen LogP contribution in [-0.2, 0) is 9.47 Å². The van der Waals surface area contributed by atoms with E-state index in [-0.39, 0.29) is 0 Å². The molecule has 2 N–H and O–H groups in total. The first kappa shape index (κ1) is 21.2. The lowest BCUT2D eigenvalue weighted by molar-refractivity contribution is 0.0203. The Hall–Kier alpha value is -0.850. The molecule has 1 saturated heterocycles. The molecule has 1 rings (SSSR count). The summed E-state index contributed by atoms with van der Waals surface area (Å²) in [7, 11) is 1.82. The molecule has 1 fully saturated rings. The van der Waals surface area contributed by atoms with Gasteiger partial charge in [0, 0.05) is 53.1 Å². The normalized spacial score (nSPS) is 16.6. The van der Waals surface area contributed by atoms with Crippen molar-refractivity contribution in [2.75, 3.05) is 66.2 Å². The molecule has 6 nitrogen and oxygen atoms in total. The van der Waals surface area contributed by atoms with Crippen molar-refractivity contribution < 1.29 is 9.47 Å². The number of nitrogens with zero attached hydrogens (tertiary/aromatic N) is 2. The third-order valence-corrected chi connectivity index (χ3v) is 4.38. The van der Waals surface area contributed by atoms with Gasteiger partial charge in [0.25, 0.3) is 0 Å². The highest BCUT2D eigenvalue weighted by molar-refractivity contribution is 5.79. The second-order valence-electron chi connectivity index (χ2n) is 6.34. The van der Waals surface area contributed by atoms with Gasteiger partial charge in [-0.15, -0.1) is 0 Å². The van der Waals surface area contributed by atoms with Gasteiger partial charge in [-0.1, -0.05) is 13.8 Å². The largest absolute Gasteiger partial charge is 0.381 e. The van der Waals surface area contributed by atoms with Crippen molar-refractivity contribution in [1.82, 2.24) is 15.5 Å². The minimum Gasteiger partial charge on any atom is -0.381 e. The molecule has 142 valence electrons. The fourth-order valence-corrected chi connectivity index (χ4v) is 2.84. The molecule has 24 heavy (non-hydrogen) atoms. The van der Waals surface area contributed by atoms with Gasteiger partial charge in [0.05, 0.1) is 0 Å². The number of rotatable bonds is 12. The van der Waals surface area contributed by atoms with Crippen LogP contribution in [0.2, 0.25) is 0 Å². The highest BCUT2D eigenvalue weighted by Crippen LogP contribution is 2.14. The highest BCUT2D eigenvalue weighted by atomic mass is 16.5. The summed E-state index contributed by atoms with van der Waals surface area (Å²) in [6, 6.07) is 0. The number of guanidine groups is 1. The number of likely N-dealkylation sites (N-methyl/N-ethyl adjacent to an activating group) is 1. The Morgan fingerprint density at radius 2 is 1.92 bits per heavy atom. The molecule has 0 spiro atoms. The van der Waals surface area contributed by atoms with Gasteiger partial charge in [0.15, 0.2) is 5.96 Å². The lowest BCUT2D eigenvalue weighted by Gasteiger charge is -2.22. The molecule has 1 aliphatic rings. The van der Waals surface area contributed by atoms with Crippen LogP contribution < -0.4 is 10.6 Å². The molecule has 0 aromatic heterocycles. The third kappa shape index (κ3) is 10.1. The van der Waals surface area contributed by atoms with Crippen molar-refractivity contribution in [2.45, 2.75) is 39.5 Å². The second kappa shape index (κ2) is 14.5. The SMILES string of the molecule is CCCN(CC)CCNC(=NC)NCCCOCC1CCOCC1. The average Bonchev–Trinajstić information content (AvgIpc) is 2.63. The Morgan fingerprint density at radius 3 is 2.58 bits per heavy atom. The van der Waals surface area contributed by atoms with Crippen LogP contribution in [-0.4, -0.2) is 77.1 Å². The minimum atomic E-state index is 0.686. The fourth-order valence-electron chi connectivity index (χ4n) is 2.84. The Kier molecular flexibility index (Phi) is 12.8. The summed E-state index contributed by atoms with van der Waals surface area (Å²) in [5.41, 5.74) is 0. The number of hydrogen-bond acceptors (Lipinski definition) is 4. The molecule has 0 bridgehead atoms. The van der Waals surface area contributed by atoms with Gasteiger partial charge in [-0.2, -0.15) is 0 Å². The maximum absolute atomic E-state index is 5.78. The highest BCUT2D eigenvalue weighted by Gasteiger charge is 2.13. The van der Waals surface area contributed by atoms with Crippen molar-refractivity contribution in [1.29, 1.82) is 0 Å². The average molecular weight is 343 g/mol. The molecule has 0 atom stereocenters. The lowest BCUT2D eigenvalue weighted by atomic mass is 10.0.